The molecule has 1 aromatic rings. The Morgan fingerprint density at radius 1 is 1.30 bits per heavy atom. The molecule has 2 aliphatic heterocycles. The third-order valence-corrected chi connectivity index (χ3v) is 6.50. The predicted octanol–water partition coefficient (Wildman–Crippen LogP) is 2.93. The van der Waals surface area contributed by atoms with Crippen molar-refractivity contribution in [3.63, 3.8) is 0 Å². The summed E-state index contributed by atoms with van der Waals surface area (Å²) in [7, 11) is 1.42. The van der Waals surface area contributed by atoms with Gasteiger partial charge in [-0.15, -0.1) is 0 Å². The second-order valence-corrected chi connectivity index (χ2v) is 8.01. The minimum atomic E-state index is -0.308. The second-order valence-electron chi connectivity index (χ2n) is 8.01. The number of nitrogens with two attached hydrogens (primary N) is 1. The number of hydrogen-bond donors (Lipinski definition) is 1. The molecule has 0 aromatic heterocycles. The minimum absolute atomic E-state index is 0.0576. The molecule has 6 nitrogen and oxygen atoms in total. The van der Waals surface area contributed by atoms with Crippen LogP contribution in [0, 0.1) is 0 Å². The van der Waals surface area contributed by atoms with Gasteiger partial charge >= 0.3 is 6.09 Å². The Morgan fingerprint density at radius 3 is 2.85 bits per heavy atom. The summed E-state index contributed by atoms with van der Waals surface area (Å²) in [5, 5.41) is 0. The zero-order valence-electron chi connectivity index (χ0n) is 16.1. The summed E-state index contributed by atoms with van der Waals surface area (Å²) >= 11 is 0. The molecule has 1 spiro atoms. The first-order valence-electron chi connectivity index (χ1n) is 10.1. The van der Waals surface area contributed by atoms with E-state index in [-0.39, 0.29) is 29.9 Å². The molecule has 2 heterocycles. The maximum absolute atomic E-state index is 12.0. The van der Waals surface area contributed by atoms with E-state index in [0.29, 0.717) is 19.8 Å². The molecule has 27 heavy (non-hydrogen) atoms. The van der Waals surface area contributed by atoms with Crippen LogP contribution in [0.25, 0.3) is 0 Å². The molecule has 1 aromatic carbocycles. The summed E-state index contributed by atoms with van der Waals surface area (Å²) in [4.78, 5) is 13.8. The van der Waals surface area contributed by atoms with Crippen LogP contribution in [0.5, 0.6) is 0 Å². The molecule has 2 fully saturated rings. The van der Waals surface area contributed by atoms with E-state index in [2.05, 4.69) is 24.3 Å². The van der Waals surface area contributed by atoms with Gasteiger partial charge in [-0.2, -0.15) is 0 Å². The molecular weight excluding hydrogens is 344 g/mol. The lowest BCUT2D eigenvalue weighted by molar-refractivity contribution is -0.102. The van der Waals surface area contributed by atoms with Crippen molar-refractivity contribution >= 4 is 6.09 Å². The van der Waals surface area contributed by atoms with E-state index in [1.807, 2.05) is 0 Å². The Hall–Kier alpha value is -1.63. The van der Waals surface area contributed by atoms with Gasteiger partial charge in [0.15, 0.2) is 0 Å². The molecule has 0 unspecified atom stereocenters. The van der Waals surface area contributed by atoms with Crippen LogP contribution in [0.3, 0.4) is 0 Å². The molecule has 1 amide bonds. The van der Waals surface area contributed by atoms with Crippen LogP contribution in [0.1, 0.15) is 49.7 Å². The van der Waals surface area contributed by atoms with Crippen molar-refractivity contribution in [3.8, 4) is 0 Å². The highest BCUT2D eigenvalue weighted by molar-refractivity contribution is 5.68. The summed E-state index contributed by atoms with van der Waals surface area (Å²) in [6, 6.07) is 8.39. The molecule has 1 saturated carbocycles. The zero-order valence-corrected chi connectivity index (χ0v) is 16.1. The molecule has 6 heteroatoms. The number of nitrogens with zero attached hydrogens (tertiary/aromatic N) is 1. The fourth-order valence-corrected chi connectivity index (χ4v) is 4.90. The van der Waals surface area contributed by atoms with Crippen LogP contribution in [0.15, 0.2) is 24.3 Å². The van der Waals surface area contributed by atoms with Gasteiger partial charge in [0.1, 0.15) is 0 Å². The quantitative estimate of drug-likeness (QED) is 0.881. The summed E-state index contributed by atoms with van der Waals surface area (Å²) < 4.78 is 17.4. The minimum Gasteiger partial charge on any atom is -0.453 e. The lowest BCUT2D eigenvalue weighted by Crippen LogP contribution is -2.56. The topological polar surface area (TPSA) is 74.0 Å². The molecule has 1 aliphatic carbocycles. The number of fused-ring (bicyclic) bond motifs is 2. The van der Waals surface area contributed by atoms with Gasteiger partial charge < -0.3 is 24.8 Å². The number of amides is 1. The molecule has 1 saturated heterocycles. The van der Waals surface area contributed by atoms with Crippen molar-refractivity contribution in [2.75, 3.05) is 20.3 Å². The maximum Gasteiger partial charge on any atom is 0.409 e. The number of piperidine rings is 1. The number of carbonyl (C=O) groups is 1. The summed E-state index contributed by atoms with van der Waals surface area (Å²) in [5.41, 5.74) is 8.82. The van der Waals surface area contributed by atoms with Gasteiger partial charge in [0.05, 0.1) is 38.1 Å². The first-order valence-corrected chi connectivity index (χ1v) is 10.1. The standard InChI is InChI=1S/C21H30N2O4/c1-25-20(24)23-12-4-7-18(22)19(23)14-26-16-8-10-21(11-9-16)17-6-3-2-5-15(17)13-27-21/h2-3,5-6,16,18-19H,4,7-14,22H2,1H3/t16-,18-,19-,21+/m0/s1. The van der Waals surface area contributed by atoms with Gasteiger partial charge in [-0.05, 0) is 49.7 Å². The molecule has 148 valence electrons. The Bertz CT molecular complexity index is 672. The van der Waals surface area contributed by atoms with E-state index < -0.39 is 0 Å². The number of carbonyl (C=O) groups excluding carboxylic acids is 1. The van der Waals surface area contributed by atoms with Crippen LogP contribution in [0.2, 0.25) is 0 Å². The summed E-state index contributed by atoms with van der Waals surface area (Å²) in [6.07, 6.45) is 5.61. The van der Waals surface area contributed by atoms with Crippen LogP contribution in [-0.4, -0.2) is 49.4 Å². The first-order chi connectivity index (χ1) is 13.1. The molecule has 3 aliphatic rings. The second kappa shape index (κ2) is 7.78. The highest BCUT2D eigenvalue weighted by atomic mass is 16.5. The predicted molar refractivity (Wildman–Crippen MR) is 101 cm³/mol. The van der Waals surface area contributed by atoms with Crippen LogP contribution >= 0.6 is 0 Å². The SMILES string of the molecule is COC(=O)N1CCC[C@H](N)[C@@H]1CO[C@H]1CC[C@]2(CC1)OCc1ccccc12. The summed E-state index contributed by atoms with van der Waals surface area (Å²) in [5.74, 6) is 0. The number of methoxy groups -OCH3 is 1. The van der Waals surface area contributed by atoms with Crippen LogP contribution in [0.4, 0.5) is 4.79 Å². The average Bonchev–Trinajstić information content (AvgIpc) is 3.06. The highest BCUT2D eigenvalue weighted by Gasteiger charge is 2.43. The first kappa shape index (κ1) is 18.7. The van der Waals surface area contributed by atoms with E-state index >= 15 is 0 Å². The lowest BCUT2D eigenvalue weighted by atomic mass is 9.78. The molecule has 2 N–H and O–H groups in total. The van der Waals surface area contributed by atoms with Crippen molar-refractivity contribution in [1.29, 1.82) is 0 Å². The Balaban J connectivity index is 1.34. The van der Waals surface area contributed by atoms with Gasteiger partial charge in [0.2, 0.25) is 0 Å². The van der Waals surface area contributed by atoms with Gasteiger partial charge in [-0.1, -0.05) is 24.3 Å². The van der Waals surface area contributed by atoms with Crippen molar-refractivity contribution in [1.82, 2.24) is 4.90 Å². The average molecular weight is 374 g/mol. The highest BCUT2D eigenvalue weighted by Crippen LogP contribution is 2.47. The van der Waals surface area contributed by atoms with Gasteiger partial charge in [-0.25, -0.2) is 4.79 Å². The smallest absolute Gasteiger partial charge is 0.409 e. The van der Waals surface area contributed by atoms with Crippen molar-refractivity contribution in [2.24, 2.45) is 5.73 Å². The van der Waals surface area contributed by atoms with Crippen molar-refractivity contribution in [2.45, 2.75) is 68.9 Å². The molecule has 2 atom stereocenters. The molecular formula is C21H30N2O4. The third-order valence-electron chi connectivity index (χ3n) is 6.50. The fraction of sp³-hybridized carbons (Fsp3) is 0.667. The molecule has 0 radical (unpaired) electrons. The fourth-order valence-electron chi connectivity index (χ4n) is 4.90. The lowest BCUT2D eigenvalue weighted by Gasteiger charge is -2.41. The van der Waals surface area contributed by atoms with Crippen molar-refractivity contribution in [3.05, 3.63) is 35.4 Å². The van der Waals surface area contributed by atoms with Crippen LogP contribution < -0.4 is 5.73 Å². The van der Waals surface area contributed by atoms with E-state index in [4.69, 9.17) is 19.9 Å². The van der Waals surface area contributed by atoms with E-state index in [1.165, 1.54) is 18.2 Å². The van der Waals surface area contributed by atoms with E-state index in [0.717, 1.165) is 38.5 Å². The monoisotopic (exact) mass is 374 g/mol. The number of rotatable bonds is 3. The molecule has 4 rings (SSSR count). The normalized spacial score (nSPS) is 33.1. The number of likely N-dealkylation sites (tertiary alicyclic amines) is 1. The Kier molecular flexibility index (Phi) is 5.39. The number of hydrogen-bond acceptors (Lipinski definition) is 5. The number of benzene rings is 1. The van der Waals surface area contributed by atoms with Crippen molar-refractivity contribution < 1.29 is 19.0 Å². The van der Waals surface area contributed by atoms with Gasteiger partial charge in [-0.3, -0.25) is 0 Å². The number of ether oxygens (including phenoxy) is 3. The summed E-state index contributed by atoms with van der Waals surface area (Å²) in [6.45, 7) is 1.88. The Morgan fingerprint density at radius 2 is 2.07 bits per heavy atom. The van der Waals surface area contributed by atoms with E-state index in [1.54, 1.807) is 4.90 Å². The van der Waals surface area contributed by atoms with E-state index in [9.17, 15) is 4.79 Å². The zero-order chi connectivity index (χ0) is 18.9. The third kappa shape index (κ3) is 3.58. The molecule has 0 bridgehead atoms. The maximum atomic E-state index is 12.0. The van der Waals surface area contributed by atoms with Crippen LogP contribution in [-0.2, 0) is 26.4 Å². The Labute approximate surface area is 160 Å². The largest absolute Gasteiger partial charge is 0.453 e. The van der Waals surface area contributed by atoms with Gasteiger partial charge in [0.25, 0.3) is 0 Å². The van der Waals surface area contributed by atoms with Gasteiger partial charge in [0, 0.05) is 12.6 Å².